The summed E-state index contributed by atoms with van der Waals surface area (Å²) >= 11 is 11.7. The maximum absolute atomic E-state index is 12.4. The summed E-state index contributed by atoms with van der Waals surface area (Å²) < 4.78 is 67.4. The minimum Gasteiger partial charge on any atom is -0.406 e. The van der Waals surface area contributed by atoms with Crippen LogP contribution in [-0.4, -0.2) is 21.3 Å². The molecule has 12 heteroatoms. The third-order valence-corrected chi connectivity index (χ3v) is 5.47. The molecule has 2 rings (SSSR count). The molecule has 27 heavy (non-hydrogen) atoms. The number of alkyl halides is 3. The van der Waals surface area contributed by atoms with Crippen LogP contribution < -0.4 is 15.2 Å². The lowest BCUT2D eigenvalue weighted by Crippen LogP contribution is -2.33. The van der Waals surface area contributed by atoms with Crippen LogP contribution in [0.4, 0.5) is 13.2 Å². The van der Waals surface area contributed by atoms with Crippen LogP contribution >= 0.6 is 35.6 Å². The van der Waals surface area contributed by atoms with Crippen LogP contribution in [0, 0.1) is 0 Å². The zero-order valence-corrected chi connectivity index (χ0v) is 16.5. The summed E-state index contributed by atoms with van der Waals surface area (Å²) in [6.07, 6.45) is -4.86. The Labute approximate surface area is 170 Å². The van der Waals surface area contributed by atoms with E-state index in [4.69, 9.17) is 28.9 Å². The van der Waals surface area contributed by atoms with Crippen molar-refractivity contribution in [2.45, 2.75) is 17.3 Å². The Morgan fingerprint density at radius 2 is 1.67 bits per heavy atom. The first kappa shape index (κ1) is 23.8. The van der Waals surface area contributed by atoms with Gasteiger partial charge in [0.1, 0.15) is 5.75 Å². The first-order valence-electron chi connectivity index (χ1n) is 7.05. The Kier molecular flexibility index (Phi) is 8.21. The molecule has 2 aromatic rings. The van der Waals surface area contributed by atoms with Gasteiger partial charge < -0.3 is 10.5 Å². The molecule has 0 saturated heterocycles. The Bertz CT molecular complexity index is 878. The summed E-state index contributed by atoms with van der Waals surface area (Å²) in [6.45, 7) is -0.0769. The van der Waals surface area contributed by atoms with E-state index >= 15 is 0 Å². The van der Waals surface area contributed by atoms with E-state index < -0.39 is 28.2 Å². The van der Waals surface area contributed by atoms with Crippen molar-refractivity contribution in [2.75, 3.05) is 6.54 Å². The van der Waals surface area contributed by atoms with Gasteiger partial charge >= 0.3 is 6.36 Å². The van der Waals surface area contributed by atoms with E-state index in [-0.39, 0.29) is 28.9 Å². The Morgan fingerprint density at radius 1 is 1.07 bits per heavy atom. The molecule has 0 fully saturated rings. The lowest BCUT2D eigenvalue weighted by Gasteiger charge is -2.18. The highest BCUT2D eigenvalue weighted by Crippen LogP contribution is 2.27. The Balaban J connectivity index is 0.00000364. The zero-order valence-electron chi connectivity index (χ0n) is 13.3. The molecule has 0 unspecified atom stereocenters. The van der Waals surface area contributed by atoms with Gasteiger partial charge in [-0.2, -0.15) is 0 Å². The van der Waals surface area contributed by atoms with Gasteiger partial charge in [-0.15, -0.1) is 25.6 Å². The van der Waals surface area contributed by atoms with Crippen LogP contribution in [0.5, 0.6) is 5.75 Å². The van der Waals surface area contributed by atoms with Crippen molar-refractivity contribution in [1.82, 2.24) is 4.72 Å². The topological polar surface area (TPSA) is 81.4 Å². The molecule has 150 valence electrons. The molecule has 5 nitrogen and oxygen atoms in total. The molecule has 3 N–H and O–H groups in total. The first-order valence-corrected chi connectivity index (χ1v) is 9.29. The van der Waals surface area contributed by atoms with E-state index in [0.29, 0.717) is 10.6 Å². The summed E-state index contributed by atoms with van der Waals surface area (Å²) in [5, 5.41) is 0.532. The molecular formula is C15H14Cl3F3N2O3S. The van der Waals surface area contributed by atoms with Crippen LogP contribution in [0.3, 0.4) is 0 Å². The molecule has 0 aliphatic heterocycles. The maximum Gasteiger partial charge on any atom is 0.573 e. The first-order chi connectivity index (χ1) is 12.0. The van der Waals surface area contributed by atoms with E-state index in [9.17, 15) is 21.6 Å². The number of hydrogen-bond donors (Lipinski definition) is 2. The normalized spacial score (nSPS) is 13.0. The number of rotatable bonds is 6. The quantitative estimate of drug-likeness (QED) is 0.667. The van der Waals surface area contributed by atoms with Crippen molar-refractivity contribution in [3.05, 3.63) is 58.1 Å². The maximum atomic E-state index is 12.4. The van der Waals surface area contributed by atoms with Gasteiger partial charge in [0, 0.05) is 6.54 Å². The Morgan fingerprint density at radius 3 is 2.15 bits per heavy atom. The number of ether oxygens (including phenoxy) is 1. The van der Waals surface area contributed by atoms with Gasteiger partial charge in [-0.25, -0.2) is 13.1 Å². The highest BCUT2D eigenvalue weighted by atomic mass is 35.5. The number of sulfonamides is 1. The van der Waals surface area contributed by atoms with Crippen molar-refractivity contribution in [3.63, 3.8) is 0 Å². The molecule has 0 amide bonds. The van der Waals surface area contributed by atoms with Crippen LogP contribution in [-0.2, 0) is 10.0 Å². The number of nitrogens with two attached hydrogens (primary N) is 1. The van der Waals surface area contributed by atoms with Crippen molar-refractivity contribution in [1.29, 1.82) is 0 Å². The predicted molar refractivity (Wildman–Crippen MR) is 99.0 cm³/mol. The van der Waals surface area contributed by atoms with Gasteiger partial charge in [-0.1, -0.05) is 29.3 Å². The second kappa shape index (κ2) is 9.31. The minimum absolute atomic E-state index is 0. The summed E-state index contributed by atoms with van der Waals surface area (Å²) in [6, 6.07) is 7.52. The van der Waals surface area contributed by atoms with Gasteiger partial charge in [0.15, 0.2) is 0 Å². The fraction of sp³-hybridized carbons (Fsp3) is 0.200. The van der Waals surface area contributed by atoms with Gasteiger partial charge in [0.05, 0.1) is 21.0 Å². The van der Waals surface area contributed by atoms with Crippen molar-refractivity contribution in [2.24, 2.45) is 5.73 Å². The second-order valence-electron chi connectivity index (χ2n) is 5.10. The fourth-order valence-electron chi connectivity index (χ4n) is 2.06. The molecule has 0 aromatic heterocycles. The summed E-state index contributed by atoms with van der Waals surface area (Å²) in [5.74, 6) is -0.531. The largest absolute Gasteiger partial charge is 0.573 e. The minimum atomic E-state index is -4.86. The fourth-order valence-corrected chi connectivity index (χ4v) is 3.60. The Hall–Kier alpha value is -1.23. The van der Waals surface area contributed by atoms with E-state index in [1.54, 1.807) is 6.07 Å². The van der Waals surface area contributed by atoms with Gasteiger partial charge in [0.2, 0.25) is 10.0 Å². The average Bonchev–Trinajstić information content (AvgIpc) is 2.54. The van der Waals surface area contributed by atoms with Gasteiger partial charge in [-0.3, -0.25) is 0 Å². The van der Waals surface area contributed by atoms with Crippen LogP contribution in [0.25, 0.3) is 0 Å². The molecule has 0 radical (unpaired) electrons. The SMILES string of the molecule is Cl.NC[C@@H](NS(=O)(=O)c1ccc(OC(F)(F)F)cc1)c1ccc(Cl)c(Cl)c1. The third kappa shape index (κ3) is 6.70. The highest BCUT2D eigenvalue weighted by Gasteiger charge is 2.31. The summed E-state index contributed by atoms with van der Waals surface area (Å²) in [7, 11) is -4.05. The molecule has 2 aromatic carbocycles. The van der Waals surface area contributed by atoms with Crippen LogP contribution in [0.2, 0.25) is 10.0 Å². The lowest BCUT2D eigenvalue weighted by atomic mass is 10.1. The average molecular weight is 466 g/mol. The highest BCUT2D eigenvalue weighted by molar-refractivity contribution is 7.89. The van der Waals surface area contributed by atoms with E-state index in [1.807, 2.05) is 0 Å². The van der Waals surface area contributed by atoms with Gasteiger partial charge in [0.25, 0.3) is 0 Å². The molecule has 0 spiro atoms. The lowest BCUT2D eigenvalue weighted by molar-refractivity contribution is -0.274. The standard InChI is InChI=1S/C15H13Cl2F3N2O3S.ClH/c16-12-6-1-9(7-13(12)17)14(8-21)22-26(23,24)11-4-2-10(3-5-11)25-15(18,19)20;/h1-7,14,22H,8,21H2;1H/t14-;/m1./s1. The number of halogens is 6. The number of nitrogens with one attached hydrogen (secondary N) is 1. The molecule has 0 aliphatic carbocycles. The monoisotopic (exact) mass is 464 g/mol. The summed E-state index contributed by atoms with van der Waals surface area (Å²) in [4.78, 5) is -0.245. The van der Waals surface area contributed by atoms with Gasteiger partial charge in [-0.05, 0) is 42.0 Å². The third-order valence-electron chi connectivity index (χ3n) is 3.25. The van der Waals surface area contributed by atoms with E-state index in [0.717, 1.165) is 24.3 Å². The van der Waals surface area contributed by atoms with Crippen molar-refractivity contribution in [3.8, 4) is 5.75 Å². The molecule has 0 aliphatic rings. The zero-order chi connectivity index (χ0) is 19.5. The van der Waals surface area contributed by atoms with E-state index in [1.165, 1.54) is 12.1 Å². The van der Waals surface area contributed by atoms with Crippen LogP contribution in [0.15, 0.2) is 47.4 Å². The van der Waals surface area contributed by atoms with Crippen molar-refractivity contribution < 1.29 is 26.3 Å². The predicted octanol–water partition coefficient (Wildman–Crippen LogP) is 4.29. The smallest absolute Gasteiger partial charge is 0.406 e. The van der Waals surface area contributed by atoms with Crippen molar-refractivity contribution >= 4 is 45.6 Å². The summed E-state index contributed by atoms with van der Waals surface area (Å²) in [5.41, 5.74) is 6.11. The molecule has 0 bridgehead atoms. The number of benzene rings is 2. The second-order valence-corrected chi connectivity index (χ2v) is 7.63. The molecular weight excluding hydrogens is 452 g/mol. The van der Waals surface area contributed by atoms with Crippen LogP contribution in [0.1, 0.15) is 11.6 Å². The van der Waals surface area contributed by atoms with E-state index in [2.05, 4.69) is 9.46 Å². The molecule has 0 heterocycles. The number of hydrogen-bond acceptors (Lipinski definition) is 4. The molecule has 0 saturated carbocycles. The molecule has 1 atom stereocenters.